The Morgan fingerprint density at radius 2 is 2.03 bits per heavy atom. The van der Waals surface area contributed by atoms with Crippen molar-refractivity contribution < 1.29 is 9.18 Å². The molecule has 0 fully saturated rings. The van der Waals surface area contributed by atoms with Crippen LogP contribution < -0.4 is 5.43 Å². The van der Waals surface area contributed by atoms with Gasteiger partial charge in [-0.3, -0.25) is 20.0 Å². The zero-order chi connectivity index (χ0) is 22.4. The number of amides is 1. The topological polar surface area (TPSA) is 89.3 Å². The Labute approximate surface area is 181 Å². The number of nitrogens with zero attached hydrogens (tertiary/aromatic N) is 3. The predicted octanol–water partition coefficient (Wildman–Crippen LogP) is 4.53. The van der Waals surface area contributed by atoms with Crippen LogP contribution in [0.15, 0.2) is 53.8 Å². The molecule has 0 unspecified atom stereocenters. The Morgan fingerprint density at radius 3 is 2.68 bits per heavy atom. The standard InChI is InChI=1S/C23H27FN6O/c1-4-30(23(31)20-13-16(2)5-10-21(20)27-26-12-11-25)17(3)14-29-15-22(28-29)18-6-8-19(24)9-7-18/h5-13,15,17,25,27-28H,4,14H2,1-3H3/b25-11?,26-12-/t17-/m0/s1. The van der Waals surface area contributed by atoms with Gasteiger partial charge in [0.15, 0.2) is 0 Å². The fourth-order valence-corrected chi connectivity index (χ4v) is 3.44. The van der Waals surface area contributed by atoms with Crippen molar-refractivity contribution in [3.05, 3.63) is 65.6 Å². The highest BCUT2D eigenvalue weighted by Crippen LogP contribution is 2.22. The maximum atomic E-state index is 13.3. The van der Waals surface area contributed by atoms with Crippen LogP contribution in [0.2, 0.25) is 0 Å². The molecular formula is C23H27FN6O. The highest BCUT2D eigenvalue weighted by Gasteiger charge is 2.23. The molecule has 3 rings (SSSR count). The monoisotopic (exact) mass is 422 g/mol. The number of H-pyrrole nitrogens is 1. The molecule has 0 spiro atoms. The van der Waals surface area contributed by atoms with Gasteiger partial charge in [0.05, 0.1) is 29.7 Å². The van der Waals surface area contributed by atoms with Gasteiger partial charge in [0.2, 0.25) is 0 Å². The number of halogens is 1. The lowest BCUT2D eigenvalue weighted by atomic mass is 10.1. The van der Waals surface area contributed by atoms with E-state index in [2.05, 4.69) is 15.6 Å². The summed E-state index contributed by atoms with van der Waals surface area (Å²) in [7, 11) is 0. The molecule has 1 heterocycles. The molecule has 3 aromatic rings. The Balaban J connectivity index is 1.73. The summed E-state index contributed by atoms with van der Waals surface area (Å²) < 4.78 is 15.0. The van der Waals surface area contributed by atoms with Crippen LogP contribution in [-0.4, -0.2) is 45.6 Å². The quantitative estimate of drug-likeness (QED) is 0.349. The maximum absolute atomic E-state index is 13.3. The van der Waals surface area contributed by atoms with Crippen molar-refractivity contribution in [1.29, 1.82) is 5.41 Å². The van der Waals surface area contributed by atoms with Crippen molar-refractivity contribution in [3.63, 3.8) is 0 Å². The Morgan fingerprint density at radius 1 is 1.32 bits per heavy atom. The average Bonchev–Trinajstić information content (AvgIpc) is 2.73. The number of nitrogens with one attached hydrogen (secondary N) is 3. The number of aromatic amines is 1. The molecule has 1 atom stereocenters. The summed E-state index contributed by atoms with van der Waals surface area (Å²) in [6.07, 6.45) is 4.33. The lowest BCUT2D eigenvalue weighted by molar-refractivity contribution is 0.0684. The van der Waals surface area contributed by atoms with E-state index in [4.69, 9.17) is 5.41 Å². The molecule has 7 nitrogen and oxygen atoms in total. The molecular weight excluding hydrogens is 395 g/mol. The second kappa shape index (κ2) is 9.88. The minimum absolute atomic E-state index is 0.0607. The van der Waals surface area contributed by atoms with Gasteiger partial charge in [-0.25, -0.2) is 4.39 Å². The largest absolute Gasteiger partial charge is 0.334 e. The fraction of sp³-hybridized carbons (Fsp3) is 0.261. The number of benzene rings is 2. The number of hydrazone groups is 1. The van der Waals surface area contributed by atoms with Crippen LogP contribution in [0.1, 0.15) is 29.8 Å². The molecule has 0 aliphatic heterocycles. The number of likely N-dealkylation sites (N-methyl/N-ethyl adjacent to an activating group) is 1. The molecule has 0 saturated heterocycles. The molecule has 8 heteroatoms. The van der Waals surface area contributed by atoms with Crippen molar-refractivity contribution >= 4 is 24.0 Å². The van der Waals surface area contributed by atoms with Gasteiger partial charge in [0.25, 0.3) is 5.91 Å². The molecule has 0 aliphatic carbocycles. The van der Waals surface area contributed by atoms with E-state index >= 15 is 0 Å². The molecule has 31 heavy (non-hydrogen) atoms. The number of hydrogen-bond acceptors (Lipinski definition) is 4. The molecule has 1 amide bonds. The summed E-state index contributed by atoms with van der Waals surface area (Å²) in [6, 6.07) is 11.8. The van der Waals surface area contributed by atoms with E-state index in [-0.39, 0.29) is 17.8 Å². The summed E-state index contributed by atoms with van der Waals surface area (Å²) >= 11 is 0. The normalized spacial score (nSPS) is 12.1. The van der Waals surface area contributed by atoms with Crippen LogP contribution in [0, 0.1) is 18.2 Å². The highest BCUT2D eigenvalue weighted by atomic mass is 19.1. The van der Waals surface area contributed by atoms with Gasteiger partial charge in [0.1, 0.15) is 5.82 Å². The first-order valence-corrected chi connectivity index (χ1v) is 10.1. The van der Waals surface area contributed by atoms with Crippen LogP contribution in [-0.2, 0) is 6.54 Å². The SMILES string of the molecule is CCN(C(=O)c1cc(C)ccc1N/N=C\C=N)[C@@H](C)Cn1cc(-c2ccc(F)cc2)[nH]1. The maximum Gasteiger partial charge on any atom is 0.256 e. The number of carbonyl (C=O) groups excluding carboxylic acids is 1. The fourth-order valence-electron chi connectivity index (χ4n) is 3.44. The summed E-state index contributed by atoms with van der Waals surface area (Å²) in [6.45, 7) is 7.05. The third kappa shape index (κ3) is 5.28. The van der Waals surface area contributed by atoms with Gasteiger partial charge < -0.3 is 10.3 Å². The molecule has 0 bridgehead atoms. The zero-order valence-corrected chi connectivity index (χ0v) is 17.9. The molecule has 3 N–H and O–H groups in total. The number of rotatable bonds is 9. The first-order chi connectivity index (χ1) is 14.9. The van der Waals surface area contributed by atoms with Gasteiger partial charge in [-0.1, -0.05) is 11.6 Å². The first kappa shape index (κ1) is 22.0. The first-order valence-electron chi connectivity index (χ1n) is 10.1. The summed E-state index contributed by atoms with van der Waals surface area (Å²) in [5.74, 6) is -0.353. The van der Waals surface area contributed by atoms with Crippen LogP contribution in [0.4, 0.5) is 10.1 Å². The van der Waals surface area contributed by atoms with Gasteiger partial charge in [0, 0.05) is 30.6 Å². The molecule has 0 radical (unpaired) electrons. The van der Waals surface area contributed by atoms with Gasteiger partial charge in [-0.15, -0.1) is 0 Å². The van der Waals surface area contributed by atoms with E-state index in [1.807, 2.05) is 54.7 Å². The minimum Gasteiger partial charge on any atom is -0.334 e. The number of aryl methyl sites for hydroxylation is 1. The number of aromatic nitrogens is 2. The number of hydrogen-bond donors (Lipinski definition) is 3. The molecule has 2 aromatic carbocycles. The lowest BCUT2D eigenvalue weighted by Gasteiger charge is -2.30. The van der Waals surface area contributed by atoms with E-state index in [0.717, 1.165) is 23.0 Å². The number of carbonyl (C=O) groups is 1. The van der Waals surface area contributed by atoms with E-state index in [1.54, 1.807) is 12.1 Å². The van der Waals surface area contributed by atoms with E-state index < -0.39 is 0 Å². The number of anilines is 1. The molecule has 1 aromatic heterocycles. The predicted molar refractivity (Wildman–Crippen MR) is 122 cm³/mol. The van der Waals surface area contributed by atoms with Crippen LogP contribution >= 0.6 is 0 Å². The Bertz CT molecular complexity index is 1050. The molecule has 162 valence electrons. The van der Waals surface area contributed by atoms with Crippen molar-refractivity contribution in [2.75, 3.05) is 12.0 Å². The van der Waals surface area contributed by atoms with E-state index in [0.29, 0.717) is 24.3 Å². The molecule has 0 saturated carbocycles. The second-order valence-electron chi connectivity index (χ2n) is 7.36. The van der Waals surface area contributed by atoms with Crippen molar-refractivity contribution in [2.45, 2.75) is 33.4 Å². The van der Waals surface area contributed by atoms with Crippen LogP contribution in [0.5, 0.6) is 0 Å². The third-order valence-electron chi connectivity index (χ3n) is 5.04. The van der Waals surface area contributed by atoms with Crippen molar-refractivity contribution in [1.82, 2.24) is 14.7 Å². The summed E-state index contributed by atoms with van der Waals surface area (Å²) in [5.41, 5.74) is 6.78. The average molecular weight is 423 g/mol. The third-order valence-corrected chi connectivity index (χ3v) is 5.04. The zero-order valence-electron chi connectivity index (χ0n) is 17.9. The Kier molecular flexibility index (Phi) is 7.02. The minimum atomic E-state index is -0.264. The van der Waals surface area contributed by atoms with E-state index in [1.165, 1.54) is 18.3 Å². The van der Waals surface area contributed by atoms with Crippen molar-refractivity contribution in [2.24, 2.45) is 5.10 Å². The van der Waals surface area contributed by atoms with Crippen LogP contribution in [0.25, 0.3) is 11.3 Å². The lowest BCUT2D eigenvalue weighted by Crippen LogP contribution is -2.41. The smallest absolute Gasteiger partial charge is 0.256 e. The highest BCUT2D eigenvalue weighted by molar-refractivity contribution is 6.14. The Hall–Kier alpha value is -3.68. The van der Waals surface area contributed by atoms with Crippen molar-refractivity contribution in [3.8, 4) is 11.3 Å². The van der Waals surface area contributed by atoms with Crippen LogP contribution in [0.3, 0.4) is 0 Å². The van der Waals surface area contributed by atoms with Gasteiger partial charge in [-0.05, 0) is 57.2 Å². The second-order valence-corrected chi connectivity index (χ2v) is 7.36. The van der Waals surface area contributed by atoms with Gasteiger partial charge >= 0.3 is 0 Å². The van der Waals surface area contributed by atoms with Gasteiger partial charge in [-0.2, -0.15) is 5.10 Å². The summed E-state index contributed by atoms with van der Waals surface area (Å²) in [4.78, 5) is 15.1. The van der Waals surface area contributed by atoms with E-state index in [9.17, 15) is 9.18 Å². The molecule has 0 aliphatic rings. The summed E-state index contributed by atoms with van der Waals surface area (Å²) in [5, 5.41) is 14.2.